The predicted molar refractivity (Wildman–Crippen MR) is 28.2 cm³/mol. The van der Waals surface area contributed by atoms with Gasteiger partial charge < -0.3 is 12.3 Å². The molecule has 0 aliphatic rings. The molecule has 0 rings (SSSR count). The summed E-state index contributed by atoms with van der Waals surface area (Å²) in [4.78, 5) is 0. The third-order valence-electron chi connectivity index (χ3n) is 0. The van der Waals surface area contributed by atoms with Crippen molar-refractivity contribution >= 4 is 63.6 Å². The zero-order valence-electron chi connectivity index (χ0n) is 2.76. The van der Waals surface area contributed by atoms with Crippen molar-refractivity contribution in [2.24, 2.45) is 0 Å². The van der Waals surface area contributed by atoms with Crippen LogP contribution in [0.5, 0.6) is 0 Å². The summed E-state index contributed by atoms with van der Waals surface area (Å²) in [5, 5.41) is 0. The first-order valence-corrected chi connectivity index (χ1v) is 0. The van der Waals surface area contributed by atoms with E-state index in [1.807, 2.05) is 0 Å². The summed E-state index contributed by atoms with van der Waals surface area (Å²) in [5.74, 6) is 0. The van der Waals surface area contributed by atoms with Crippen molar-refractivity contribution in [3.63, 3.8) is 0 Å². The Hall–Kier alpha value is 1.98. The molecule has 0 spiro atoms. The molecular formula is H3AsGaInN2. The van der Waals surface area contributed by atoms with Crippen LogP contribution in [0, 0.1) is 0 Å². The van der Waals surface area contributed by atoms with Crippen LogP contribution in [-0.2, 0) is 0 Å². The number of hydrogen-bond donors (Lipinski definition) is 0. The van der Waals surface area contributed by atoms with E-state index in [0.717, 1.165) is 0 Å². The quantitative estimate of drug-likeness (QED) is 0.495. The van der Waals surface area contributed by atoms with E-state index < -0.39 is 0 Å². The average molecular weight is 291 g/mol. The van der Waals surface area contributed by atoms with Gasteiger partial charge in [-0.1, -0.05) is 0 Å². The molecule has 0 amide bonds. The van der Waals surface area contributed by atoms with Crippen molar-refractivity contribution in [3.8, 4) is 0 Å². The molecule has 2 nitrogen and oxygen atoms in total. The molecule has 0 aliphatic heterocycles. The molecule has 0 fully saturated rings. The largest absolute Gasteiger partial charge is 3.00 e. The second kappa shape index (κ2) is 37.7. The van der Waals surface area contributed by atoms with Gasteiger partial charge in [0.25, 0.3) is 0 Å². The van der Waals surface area contributed by atoms with Gasteiger partial charge in [0.2, 0.25) is 0 Å². The number of rotatable bonds is 0. The maximum Gasteiger partial charge on any atom is 3.00 e. The van der Waals surface area contributed by atoms with Crippen LogP contribution in [0.1, 0.15) is 0 Å². The molecular weight excluding hydrogens is 287 g/mol. The van der Waals surface area contributed by atoms with Gasteiger partial charge in [-0.25, -0.2) is 0 Å². The first-order chi connectivity index (χ1) is 0. The Balaban J connectivity index is 0. The van der Waals surface area contributed by atoms with Gasteiger partial charge in [-0.15, -0.1) is 0 Å². The van der Waals surface area contributed by atoms with Crippen LogP contribution in [0.3, 0.4) is 0 Å². The van der Waals surface area contributed by atoms with Crippen LogP contribution < -0.4 is 0 Å². The van der Waals surface area contributed by atoms with Crippen molar-refractivity contribution < 1.29 is 0 Å². The molecule has 1 unspecified atom stereocenters. The SMILES string of the molecule is [AsH3].[Ga+3].[In+3].[N-3].[N-3]. The van der Waals surface area contributed by atoms with Gasteiger partial charge in [0.1, 0.15) is 0 Å². The average Bonchev–Trinajstić information content (AvgIpc) is 0. The van der Waals surface area contributed by atoms with Crippen LogP contribution in [0.15, 0.2) is 0 Å². The first-order valence-electron chi connectivity index (χ1n) is 0. The Bertz CT molecular complexity index is 9.61. The van der Waals surface area contributed by atoms with Gasteiger partial charge in [0.15, 0.2) is 0 Å². The Kier molecular flexibility index (Phi) is 479. The van der Waals surface area contributed by atoms with E-state index in [9.17, 15) is 0 Å². The second-order valence-electron chi connectivity index (χ2n) is 0. The summed E-state index contributed by atoms with van der Waals surface area (Å²) >= 11 is 0. The van der Waals surface area contributed by atoms with Crippen LogP contribution in [0.4, 0.5) is 0 Å². The standard InChI is InChI=1S/AsH3.Ga.In.2N/h1H3;;;;/q;2*+3;2*-3. The summed E-state index contributed by atoms with van der Waals surface area (Å²) in [5.41, 5.74) is 0. The van der Waals surface area contributed by atoms with E-state index in [-0.39, 0.29) is 75.9 Å². The molecule has 24 valence electrons. The van der Waals surface area contributed by atoms with Gasteiger partial charge in [0, 0.05) is 0 Å². The summed E-state index contributed by atoms with van der Waals surface area (Å²) in [6, 6.07) is 0. The predicted octanol–water partition coefficient (Wildman–Crippen LogP) is -1.37. The van der Waals surface area contributed by atoms with Crippen LogP contribution in [0.25, 0.3) is 12.3 Å². The van der Waals surface area contributed by atoms with Gasteiger partial charge in [-0.2, -0.15) is 0 Å². The smallest absolute Gasteiger partial charge is 3.00 e. The molecule has 0 aromatic heterocycles. The minimum Gasteiger partial charge on any atom is -3.00 e. The van der Waals surface area contributed by atoms with Gasteiger partial charge in [-0.05, 0) is 0 Å². The van der Waals surface area contributed by atoms with Crippen molar-refractivity contribution in [1.29, 1.82) is 0 Å². The minimum absolute atomic E-state index is 0. The maximum absolute atomic E-state index is 0. The second-order valence-corrected chi connectivity index (χ2v) is 0. The normalized spacial score (nSPS) is 0. The van der Waals surface area contributed by atoms with E-state index >= 15 is 0 Å². The fraction of sp³-hybridized carbons (Fsp3) is 0. The van der Waals surface area contributed by atoms with Crippen molar-refractivity contribution in [2.45, 2.75) is 0 Å². The maximum atomic E-state index is 0. The monoisotopic (exact) mass is 290 g/mol. The first kappa shape index (κ1) is 63.5. The molecule has 0 aromatic carbocycles. The Morgan fingerprint density at radius 3 is 0.800 bits per heavy atom. The van der Waals surface area contributed by atoms with E-state index in [1.165, 1.54) is 0 Å². The van der Waals surface area contributed by atoms with Gasteiger partial charge in [-0.3, -0.25) is 0 Å². The molecule has 0 saturated carbocycles. The molecule has 0 radical (unpaired) electrons. The summed E-state index contributed by atoms with van der Waals surface area (Å²) in [6.07, 6.45) is 0. The third kappa shape index (κ3) is 24.1. The Morgan fingerprint density at radius 2 is 0.800 bits per heavy atom. The van der Waals surface area contributed by atoms with E-state index in [1.54, 1.807) is 0 Å². The number of hydrogen-bond acceptors (Lipinski definition) is 0. The fourth-order valence-corrected chi connectivity index (χ4v) is 0. The van der Waals surface area contributed by atoms with Crippen molar-refractivity contribution in [1.82, 2.24) is 0 Å². The molecule has 1 atom stereocenters. The van der Waals surface area contributed by atoms with Crippen molar-refractivity contribution in [2.75, 3.05) is 0 Å². The van der Waals surface area contributed by atoms with Gasteiger partial charge >= 0.3 is 63.6 Å². The zero-order valence-corrected chi connectivity index (χ0v) is 11.4. The molecule has 0 aliphatic carbocycles. The van der Waals surface area contributed by atoms with Crippen LogP contribution in [0.2, 0.25) is 0 Å². The van der Waals surface area contributed by atoms with E-state index in [2.05, 4.69) is 0 Å². The topological polar surface area (TPSA) is 61.0 Å². The molecule has 0 saturated heterocycles. The van der Waals surface area contributed by atoms with Crippen LogP contribution in [-0.4, -0.2) is 63.6 Å². The molecule has 0 bridgehead atoms. The molecule has 0 heterocycles. The molecule has 0 aromatic rings. The summed E-state index contributed by atoms with van der Waals surface area (Å²) < 4.78 is 0. The summed E-state index contributed by atoms with van der Waals surface area (Å²) in [7, 11) is 0. The molecule has 0 N–H and O–H groups in total. The minimum atomic E-state index is 0. The van der Waals surface area contributed by atoms with Crippen molar-refractivity contribution in [3.05, 3.63) is 12.3 Å². The fourth-order valence-electron chi connectivity index (χ4n) is 0. The van der Waals surface area contributed by atoms with Crippen LogP contribution >= 0.6 is 0 Å². The number of nitrogens with zero attached hydrogens (tertiary/aromatic N) is 2. The molecule has 5 heavy (non-hydrogen) atoms. The van der Waals surface area contributed by atoms with Gasteiger partial charge in [0.05, 0.1) is 0 Å². The Morgan fingerprint density at radius 1 is 0.800 bits per heavy atom. The zero-order chi connectivity index (χ0) is 0. The van der Waals surface area contributed by atoms with E-state index in [4.69, 9.17) is 0 Å². The van der Waals surface area contributed by atoms with E-state index in [0.29, 0.717) is 0 Å². The Labute approximate surface area is 75.2 Å². The third-order valence-corrected chi connectivity index (χ3v) is 0. The molecule has 5 heteroatoms. The summed E-state index contributed by atoms with van der Waals surface area (Å²) in [6.45, 7) is 0.